The van der Waals surface area contributed by atoms with Crippen LogP contribution in [-0.2, 0) is 0 Å². The molecule has 4 nitrogen and oxygen atoms in total. The Kier molecular flexibility index (Phi) is 4.84. The molecule has 0 aliphatic carbocycles. The molecule has 2 aromatic rings. The fraction of sp³-hybridized carbons (Fsp3) is 0.278. The minimum Gasteiger partial charge on any atom is -0.496 e. The molecule has 0 radical (unpaired) electrons. The number of nitrogens with one attached hydrogen (secondary N) is 1. The summed E-state index contributed by atoms with van der Waals surface area (Å²) in [5.41, 5.74) is 2.37. The Morgan fingerprint density at radius 1 is 1.17 bits per heavy atom. The topological polar surface area (TPSA) is 41.6 Å². The molecule has 0 unspecified atom stereocenters. The van der Waals surface area contributed by atoms with E-state index >= 15 is 0 Å². The summed E-state index contributed by atoms with van der Waals surface area (Å²) in [6.07, 6.45) is 0. The van der Waals surface area contributed by atoms with E-state index in [9.17, 15) is 4.79 Å². The maximum absolute atomic E-state index is 12.7. The third-order valence-electron chi connectivity index (χ3n) is 4.01. The first-order valence-electron chi connectivity index (χ1n) is 7.63. The number of halogens is 1. The molecule has 0 bridgehead atoms. The van der Waals surface area contributed by atoms with Crippen molar-refractivity contribution < 1.29 is 9.53 Å². The van der Waals surface area contributed by atoms with Gasteiger partial charge in [-0.1, -0.05) is 41.9 Å². The molecule has 1 aliphatic heterocycles. The van der Waals surface area contributed by atoms with Crippen LogP contribution in [0.2, 0.25) is 5.02 Å². The molecule has 1 aliphatic rings. The second kappa shape index (κ2) is 7.02. The van der Waals surface area contributed by atoms with E-state index in [1.807, 2.05) is 41.3 Å². The molecule has 5 heteroatoms. The third-order valence-corrected chi connectivity index (χ3v) is 4.32. The van der Waals surface area contributed by atoms with Crippen molar-refractivity contribution in [2.45, 2.75) is 0 Å². The van der Waals surface area contributed by atoms with Gasteiger partial charge in [-0.2, -0.15) is 0 Å². The molecule has 1 fully saturated rings. The van der Waals surface area contributed by atoms with Gasteiger partial charge < -0.3 is 15.0 Å². The number of benzene rings is 2. The first-order chi connectivity index (χ1) is 11.2. The van der Waals surface area contributed by atoms with Gasteiger partial charge in [-0.15, -0.1) is 0 Å². The molecule has 0 atom stereocenters. The van der Waals surface area contributed by atoms with Gasteiger partial charge in [-0.3, -0.25) is 4.79 Å². The van der Waals surface area contributed by atoms with Crippen LogP contribution in [0.1, 0.15) is 10.4 Å². The minimum absolute atomic E-state index is 0.0372. The maximum Gasteiger partial charge on any atom is 0.257 e. The van der Waals surface area contributed by atoms with E-state index in [-0.39, 0.29) is 5.91 Å². The zero-order valence-corrected chi connectivity index (χ0v) is 13.8. The van der Waals surface area contributed by atoms with Crippen molar-refractivity contribution in [3.05, 3.63) is 53.1 Å². The van der Waals surface area contributed by atoms with E-state index in [1.165, 1.54) is 0 Å². The zero-order chi connectivity index (χ0) is 16.2. The van der Waals surface area contributed by atoms with Gasteiger partial charge in [-0.25, -0.2) is 0 Å². The van der Waals surface area contributed by atoms with Crippen molar-refractivity contribution in [1.82, 2.24) is 10.2 Å². The molecule has 1 N–H and O–H groups in total. The Bertz CT molecular complexity index is 698. The SMILES string of the molecule is COc1cc(-c2ccccc2)c(Cl)cc1C(=O)N1CCNCC1. The summed E-state index contributed by atoms with van der Waals surface area (Å²) < 4.78 is 5.45. The quantitative estimate of drug-likeness (QED) is 0.940. The monoisotopic (exact) mass is 330 g/mol. The van der Waals surface area contributed by atoms with Gasteiger partial charge in [-0.05, 0) is 17.7 Å². The molecular formula is C18H19ClN2O2. The van der Waals surface area contributed by atoms with Gasteiger partial charge in [0.2, 0.25) is 0 Å². The number of hydrogen-bond donors (Lipinski definition) is 1. The van der Waals surface area contributed by atoms with Crippen LogP contribution < -0.4 is 10.1 Å². The van der Waals surface area contributed by atoms with Gasteiger partial charge in [0.1, 0.15) is 5.75 Å². The van der Waals surface area contributed by atoms with E-state index in [0.717, 1.165) is 24.2 Å². The summed E-state index contributed by atoms with van der Waals surface area (Å²) in [6.45, 7) is 3.01. The number of ether oxygens (including phenoxy) is 1. The van der Waals surface area contributed by atoms with Crippen LogP contribution in [0.25, 0.3) is 11.1 Å². The normalized spacial score (nSPS) is 14.6. The lowest BCUT2D eigenvalue weighted by Crippen LogP contribution is -2.46. The van der Waals surface area contributed by atoms with Crippen molar-refractivity contribution in [2.24, 2.45) is 0 Å². The van der Waals surface area contributed by atoms with Crippen molar-refractivity contribution in [1.29, 1.82) is 0 Å². The molecule has 0 saturated carbocycles. The minimum atomic E-state index is -0.0372. The van der Waals surface area contributed by atoms with E-state index in [0.29, 0.717) is 29.4 Å². The van der Waals surface area contributed by atoms with Crippen LogP contribution in [-0.4, -0.2) is 44.1 Å². The predicted octanol–water partition coefficient (Wildman–Crippen LogP) is 3.06. The van der Waals surface area contributed by atoms with Crippen LogP contribution in [0.15, 0.2) is 42.5 Å². The van der Waals surface area contributed by atoms with Gasteiger partial charge in [0, 0.05) is 36.8 Å². The first-order valence-corrected chi connectivity index (χ1v) is 8.01. The smallest absolute Gasteiger partial charge is 0.257 e. The third kappa shape index (κ3) is 3.33. The lowest BCUT2D eigenvalue weighted by molar-refractivity contribution is 0.0732. The van der Waals surface area contributed by atoms with Crippen LogP contribution in [0.5, 0.6) is 5.75 Å². The molecule has 1 heterocycles. The number of methoxy groups -OCH3 is 1. The highest BCUT2D eigenvalue weighted by Crippen LogP contribution is 2.34. The molecule has 3 rings (SSSR count). The summed E-state index contributed by atoms with van der Waals surface area (Å²) in [7, 11) is 1.58. The summed E-state index contributed by atoms with van der Waals surface area (Å²) in [5.74, 6) is 0.515. The molecule has 1 saturated heterocycles. The van der Waals surface area contributed by atoms with Gasteiger partial charge in [0.25, 0.3) is 5.91 Å². The van der Waals surface area contributed by atoms with E-state index in [1.54, 1.807) is 13.2 Å². The first kappa shape index (κ1) is 15.8. The average molecular weight is 331 g/mol. The molecule has 2 aromatic carbocycles. The lowest BCUT2D eigenvalue weighted by Gasteiger charge is -2.28. The zero-order valence-electron chi connectivity index (χ0n) is 13.0. The number of nitrogens with zero attached hydrogens (tertiary/aromatic N) is 1. The summed E-state index contributed by atoms with van der Waals surface area (Å²) in [4.78, 5) is 14.6. The Morgan fingerprint density at radius 2 is 1.87 bits per heavy atom. The highest BCUT2D eigenvalue weighted by atomic mass is 35.5. The van der Waals surface area contributed by atoms with Crippen LogP contribution in [0.3, 0.4) is 0 Å². The van der Waals surface area contributed by atoms with Crippen LogP contribution >= 0.6 is 11.6 Å². The highest BCUT2D eigenvalue weighted by Gasteiger charge is 2.23. The van der Waals surface area contributed by atoms with Crippen molar-refractivity contribution in [3.8, 4) is 16.9 Å². The summed E-state index contributed by atoms with van der Waals surface area (Å²) >= 11 is 6.44. The molecule has 120 valence electrons. The number of hydrogen-bond acceptors (Lipinski definition) is 3. The van der Waals surface area contributed by atoms with E-state index in [4.69, 9.17) is 16.3 Å². The summed E-state index contributed by atoms with van der Waals surface area (Å²) in [5, 5.41) is 3.79. The van der Waals surface area contributed by atoms with E-state index < -0.39 is 0 Å². The maximum atomic E-state index is 12.7. The molecule has 0 aromatic heterocycles. The number of amides is 1. The van der Waals surface area contributed by atoms with Crippen LogP contribution in [0, 0.1) is 0 Å². The molecular weight excluding hydrogens is 312 g/mol. The number of carbonyl (C=O) groups excluding carboxylic acids is 1. The van der Waals surface area contributed by atoms with Crippen molar-refractivity contribution >= 4 is 17.5 Å². The van der Waals surface area contributed by atoms with Gasteiger partial charge >= 0.3 is 0 Å². The Balaban J connectivity index is 1.98. The standard InChI is InChI=1S/C18H19ClN2O2/c1-23-17-12-14(13-5-3-2-4-6-13)16(19)11-15(17)18(22)21-9-7-20-8-10-21/h2-6,11-12,20H,7-10H2,1H3. The molecule has 1 amide bonds. The van der Waals surface area contributed by atoms with E-state index in [2.05, 4.69) is 5.32 Å². The average Bonchev–Trinajstić information content (AvgIpc) is 2.62. The van der Waals surface area contributed by atoms with Crippen LogP contribution in [0.4, 0.5) is 0 Å². The van der Waals surface area contributed by atoms with Gasteiger partial charge in [0.05, 0.1) is 12.7 Å². The Hall–Kier alpha value is -2.04. The number of carbonyl (C=O) groups is 1. The highest BCUT2D eigenvalue weighted by molar-refractivity contribution is 6.33. The second-order valence-electron chi connectivity index (χ2n) is 5.44. The lowest BCUT2D eigenvalue weighted by atomic mass is 10.0. The number of rotatable bonds is 3. The Labute approximate surface area is 141 Å². The fourth-order valence-electron chi connectivity index (χ4n) is 2.77. The predicted molar refractivity (Wildman–Crippen MR) is 92.2 cm³/mol. The summed E-state index contributed by atoms with van der Waals surface area (Å²) in [6, 6.07) is 13.4. The fourth-order valence-corrected chi connectivity index (χ4v) is 3.04. The second-order valence-corrected chi connectivity index (χ2v) is 5.85. The molecule has 0 spiro atoms. The van der Waals surface area contributed by atoms with Gasteiger partial charge in [0.15, 0.2) is 0 Å². The van der Waals surface area contributed by atoms with Crippen molar-refractivity contribution in [2.75, 3.05) is 33.3 Å². The number of piperazine rings is 1. The molecule has 23 heavy (non-hydrogen) atoms. The Morgan fingerprint density at radius 3 is 2.52 bits per heavy atom. The van der Waals surface area contributed by atoms with Crippen molar-refractivity contribution in [3.63, 3.8) is 0 Å². The largest absolute Gasteiger partial charge is 0.496 e.